The van der Waals surface area contributed by atoms with Crippen LogP contribution in [-0.4, -0.2) is 34.4 Å². The minimum Gasteiger partial charge on any atom is -0.472 e. The molecule has 1 saturated heterocycles. The molecule has 0 spiro atoms. The summed E-state index contributed by atoms with van der Waals surface area (Å²) in [5.41, 5.74) is 2.66. The van der Waals surface area contributed by atoms with E-state index >= 15 is 0 Å². The molecule has 2 heterocycles. The van der Waals surface area contributed by atoms with Crippen molar-refractivity contribution < 1.29 is 14.9 Å². The van der Waals surface area contributed by atoms with Gasteiger partial charge in [0.15, 0.2) is 0 Å². The van der Waals surface area contributed by atoms with E-state index < -0.39 is 0 Å². The van der Waals surface area contributed by atoms with E-state index in [2.05, 4.69) is 9.88 Å². The predicted molar refractivity (Wildman–Crippen MR) is 83.8 cm³/mol. The normalized spacial score (nSPS) is 17.7. The molecule has 0 bridgehead atoms. The average Bonchev–Trinajstić information content (AvgIpc) is 3.03. The Kier molecular flexibility index (Phi) is 4.56. The zero-order chi connectivity index (χ0) is 15.4. The molecular formula is C17H20N2O3. The highest BCUT2D eigenvalue weighted by atomic mass is 16.5. The molecule has 1 aliphatic heterocycles. The second kappa shape index (κ2) is 6.77. The van der Waals surface area contributed by atoms with E-state index in [0.717, 1.165) is 36.3 Å². The Labute approximate surface area is 129 Å². The van der Waals surface area contributed by atoms with E-state index in [1.807, 2.05) is 36.4 Å². The maximum atomic E-state index is 9.55. The number of aromatic nitrogens is 1. The number of anilines is 1. The van der Waals surface area contributed by atoms with Gasteiger partial charge in [0.25, 0.3) is 0 Å². The number of ether oxygens (including phenoxy) is 1. The lowest BCUT2D eigenvalue weighted by Crippen LogP contribution is -2.25. The first-order chi connectivity index (χ1) is 10.8. The van der Waals surface area contributed by atoms with E-state index in [-0.39, 0.29) is 19.3 Å². The Morgan fingerprint density at radius 1 is 1.18 bits per heavy atom. The summed E-state index contributed by atoms with van der Waals surface area (Å²) in [6.45, 7) is 1.59. The second-order valence-corrected chi connectivity index (χ2v) is 5.42. The van der Waals surface area contributed by atoms with Crippen LogP contribution in [0.4, 0.5) is 5.69 Å². The first kappa shape index (κ1) is 14.8. The van der Waals surface area contributed by atoms with Crippen molar-refractivity contribution >= 4 is 5.69 Å². The minimum atomic E-state index is -0.0363. The fourth-order valence-corrected chi connectivity index (χ4v) is 2.80. The van der Waals surface area contributed by atoms with Crippen LogP contribution in [0, 0.1) is 0 Å². The van der Waals surface area contributed by atoms with Gasteiger partial charge in [0.05, 0.1) is 19.8 Å². The maximum absolute atomic E-state index is 9.55. The number of aliphatic hydroxyl groups excluding tert-OH is 2. The molecule has 0 amide bonds. The highest BCUT2D eigenvalue weighted by Crippen LogP contribution is 2.27. The molecule has 1 fully saturated rings. The number of benzene rings is 1. The van der Waals surface area contributed by atoms with Crippen LogP contribution in [0.3, 0.4) is 0 Å². The Morgan fingerprint density at radius 3 is 2.82 bits per heavy atom. The van der Waals surface area contributed by atoms with Crippen LogP contribution in [0.5, 0.6) is 5.88 Å². The van der Waals surface area contributed by atoms with Gasteiger partial charge in [-0.1, -0.05) is 12.1 Å². The summed E-state index contributed by atoms with van der Waals surface area (Å²) in [6, 6.07) is 11.3. The Hall–Kier alpha value is -2.11. The van der Waals surface area contributed by atoms with Crippen molar-refractivity contribution in [2.24, 2.45) is 0 Å². The molecule has 3 rings (SSSR count). The monoisotopic (exact) mass is 300 g/mol. The van der Waals surface area contributed by atoms with E-state index in [9.17, 15) is 10.2 Å². The van der Waals surface area contributed by atoms with Crippen molar-refractivity contribution in [2.75, 3.05) is 18.0 Å². The first-order valence-corrected chi connectivity index (χ1v) is 7.46. The minimum absolute atomic E-state index is 0.0152. The van der Waals surface area contributed by atoms with Crippen LogP contribution < -0.4 is 9.64 Å². The molecule has 0 aliphatic carbocycles. The summed E-state index contributed by atoms with van der Waals surface area (Å²) in [7, 11) is 0. The van der Waals surface area contributed by atoms with E-state index in [0.29, 0.717) is 5.88 Å². The summed E-state index contributed by atoms with van der Waals surface area (Å²) in [5.74, 6) is 0.646. The Morgan fingerprint density at radius 2 is 2.09 bits per heavy atom. The van der Waals surface area contributed by atoms with E-state index in [4.69, 9.17) is 4.74 Å². The molecular weight excluding hydrogens is 280 g/mol. The molecule has 5 heteroatoms. The van der Waals surface area contributed by atoms with Crippen LogP contribution in [0.25, 0.3) is 0 Å². The number of hydrogen-bond acceptors (Lipinski definition) is 5. The molecule has 1 aromatic heterocycles. The predicted octanol–water partition coefficient (Wildman–Crippen LogP) is 1.72. The van der Waals surface area contributed by atoms with Gasteiger partial charge in [-0.05, 0) is 23.8 Å². The molecule has 2 N–H and O–H groups in total. The zero-order valence-electron chi connectivity index (χ0n) is 12.4. The van der Waals surface area contributed by atoms with Crippen molar-refractivity contribution in [1.82, 2.24) is 4.98 Å². The lowest BCUT2D eigenvalue weighted by Gasteiger charge is -2.22. The molecule has 2 aromatic rings. The quantitative estimate of drug-likeness (QED) is 0.880. The molecule has 1 aromatic carbocycles. The average molecular weight is 300 g/mol. The summed E-state index contributed by atoms with van der Waals surface area (Å²) < 4.78 is 5.89. The Bertz CT molecular complexity index is 619. The highest BCUT2D eigenvalue weighted by Gasteiger charge is 2.25. The fraction of sp³-hybridized carbons (Fsp3) is 0.353. The van der Waals surface area contributed by atoms with Gasteiger partial charge in [-0.25, -0.2) is 4.98 Å². The fourth-order valence-electron chi connectivity index (χ4n) is 2.80. The Balaban J connectivity index is 1.70. The molecule has 22 heavy (non-hydrogen) atoms. The van der Waals surface area contributed by atoms with Crippen molar-refractivity contribution in [1.29, 1.82) is 0 Å². The topological polar surface area (TPSA) is 65.8 Å². The molecule has 5 nitrogen and oxygen atoms in total. The number of nitrogens with zero attached hydrogens (tertiary/aromatic N) is 2. The van der Waals surface area contributed by atoms with Gasteiger partial charge < -0.3 is 19.8 Å². The lowest BCUT2D eigenvalue weighted by molar-refractivity contribution is 0.216. The summed E-state index contributed by atoms with van der Waals surface area (Å²) in [5, 5.41) is 18.7. The summed E-state index contributed by atoms with van der Waals surface area (Å²) in [6.07, 6.45) is 2.74. The van der Waals surface area contributed by atoms with Crippen LogP contribution in [0.15, 0.2) is 42.6 Å². The molecule has 116 valence electrons. The van der Waals surface area contributed by atoms with Crippen molar-refractivity contribution in [3.63, 3.8) is 0 Å². The molecule has 1 atom stereocenters. The van der Waals surface area contributed by atoms with Crippen molar-refractivity contribution in [2.45, 2.75) is 25.7 Å². The van der Waals surface area contributed by atoms with Gasteiger partial charge in [0.2, 0.25) is 5.88 Å². The standard InChI is InChI=1S/C17H20N2O3/c20-11-13-4-5-16(14(9-13)12-21)19-8-6-15(10-19)22-17-3-1-2-7-18-17/h1-5,7,9,15,20-21H,6,8,10-12H2/t15-/m0/s1. The lowest BCUT2D eigenvalue weighted by atomic mass is 10.1. The largest absolute Gasteiger partial charge is 0.472 e. The molecule has 0 radical (unpaired) electrons. The van der Waals surface area contributed by atoms with Gasteiger partial charge in [-0.2, -0.15) is 0 Å². The van der Waals surface area contributed by atoms with Gasteiger partial charge in [-0.3, -0.25) is 0 Å². The van der Waals surface area contributed by atoms with Crippen LogP contribution >= 0.6 is 0 Å². The van der Waals surface area contributed by atoms with Gasteiger partial charge >= 0.3 is 0 Å². The van der Waals surface area contributed by atoms with Gasteiger partial charge in [-0.15, -0.1) is 0 Å². The van der Waals surface area contributed by atoms with Crippen molar-refractivity contribution in [3.8, 4) is 5.88 Å². The third-order valence-electron chi connectivity index (χ3n) is 3.91. The second-order valence-electron chi connectivity index (χ2n) is 5.42. The van der Waals surface area contributed by atoms with Gasteiger partial charge in [0, 0.05) is 36.5 Å². The van der Waals surface area contributed by atoms with E-state index in [1.54, 1.807) is 6.20 Å². The van der Waals surface area contributed by atoms with E-state index in [1.165, 1.54) is 0 Å². The third kappa shape index (κ3) is 3.21. The SMILES string of the molecule is OCc1ccc(N2CC[C@H](Oc3ccccn3)C2)c(CO)c1. The van der Waals surface area contributed by atoms with Crippen LogP contribution in [0.2, 0.25) is 0 Å². The highest BCUT2D eigenvalue weighted by molar-refractivity contribution is 5.55. The number of hydrogen-bond donors (Lipinski definition) is 2. The van der Waals surface area contributed by atoms with Crippen LogP contribution in [-0.2, 0) is 13.2 Å². The number of rotatable bonds is 5. The van der Waals surface area contributed by atoms with Gasteiger partial charge in [0.1, 0.15) is 6.10 Å². The molecule has 0 unspecified atom stereocenters. The molecule has 1 aliphatic rings. The smallest absolute Gasteiger partial charge is 0.213 e. The summed E-state index contributed by atoms with van der Waals surface area (Å²) >= 11 is 0. The number of pyridine rings is 1. The van der Waals surface area contributed by atoms with Crippen LogP contribution in [0.1, 0.15) is 17.5 Å². The maximum Gasteiger partial charge on any atom is 0.213 e. The summed E-state index contributed by atoms with van der Waals surface area (Å²) in [4.78, 5) is 6.40. The third-order valence-corrected chi connectivity index (χ3v) is 3.91. The molecule has 0 saturated carbocycles. The first-order valence-electron chi connectivity index (χ1n) is 7.46. The van der Waals surface area contributed by atoms with Crippen molar-refractivity contribution in [3.05, 3.63) is 53.7 Å². The number of aliphatic hydroxyl groups is 2. The zero-order valence-corrected chi connectivity index (χ0v) is 12.4.